The van der Waals surface area contributed by atoms with Crippen molar-refractivity contribution in [1.82, 2.24) is 4.98 Å². The second-order valence-electron chi connectivity index (χ2n) is 7.04. The third-order valence-electron chi connectivity index (χ3n) is 4.81. The van der Waals surface area contributed by atoms with Crippen LogP contribution in [0.1, 0.15) is 17.5 Å². The molecule has 0 bridgehead atoms. The normalized spacial score (nSPS) is 11.2. The fraction of sp³-hybridized carbons (Fsp3) is 0.120. The molecule has 170 valence electrons. The number of nitrogens with zero attached hydrogens (tertiary/aromatic N) is 2. The molecule has 2 aromatic heterocycles. The van der Waals surface area contributed by atoms with Crippen LogP contribution in [0.5, 0.6) is 17.2 Å². The van der Waals surface area contributed by atoms with Crippen LogP contribution in [-0.4, -0.2) is 25.2 Å². The van der Waals surface area contributed by atoms with Crippen LogP contribution >= 0.6 is 11.3 Å². The molecule has 0 fully saturated rings. The number of thiazole rings is 1. The first-order valence-electron chi connectivity index (χ1n) is 9.99. The molecule has 4 aromatic rings. The van der Waals surface area contributed by atoms with Crippen molar-refractivity contribution in [3.8, 4) is 34.6 Å². The average Bonchev–Trinajstić information content (AvgIpc) is 3.32. The molecule has 2 heterocycles. The Morgan fingerprint density at radius 2 is 1.85 bits per heavy atom. The molecule has 0 radical (unpaired) electrons. The zero-order valence-corrected chi connectivity index (χ0v) is 19.3. The minimum Gasteiger partial charge on any atom is -0.493 e. The zero-order chi connectivity index (χ0) is 24.2. The summed E-state index contributed by atoms with van der Waals surface area (Å²) in [7, 11) is 2.87. The van der Waals surface area contributed by atoms with Gasteiger partial charge in [0.15, 0.2) is 11.5 Å². The van der Waals surface area contributed by atoms with Crippen LogP contribution in [-0.2, 0) is 4.79 Å². The summed E-state index contributed by atoms with van der Waals surface area (Å²) in [5, 5.41) is 12.7. The minimum atomic E-state index is -0.522. The second kappa shape index (κ2) is 9.60. The Bertz CT molecular complexity index is 1500. The molecule has 0 amide bonds. The summed E-state index contributed by atoms with van der Waals surface area (Å²) in [4.78, 5) is 28.4. The lowest BCUT2D eigenvalue weighted by atomic mass is 10.1. The van der Waals surface area contributed by atoms with E-state index in [1.807, 2.05) is 12.1 Å². The molecule has 0 atom stereocenters. The number of nitriles is 1. The first kappa shape index (κ1) is 22.8. The summed E-state index contributed by atoms with van der Waals surface area (Å²) in [6.45, 7) is 1.27. The number of ether oxygens (including phenoxy) is 3. The predicted molar refractivity (Wildman–Crippen MR) is 128 cm³/mol. The van der Waals surface area contributed by atoms with Gasteiger partial charge in [0.2, 0.25) is 5.75 Å². The summed E-state index contributed by atoms with van der Waals surface area (Å²) >= 11 is 1.23. The van der Waals surface area contributed by atoms with Crippen LogP contribution in [0.15, 0.2) is 57.1 Å². The number of allylic oxidation sites excluding steroid dienone is 1. The molecule has 0 saturated heterocycles. The predicted octanol–water partition coefficient (Wildman–Crippen LogP) is 4.92. The van der Waals surface area contributed by atoms with Crippen molar-refractivity contribution in [3.05, 3.63) is 68.8 Å². The fourth-order valence-electron chi connectivity index (χ4n) is 3.30. The summed E-state index contributed by atoms with van der Waals surface area (Å²) in [6.07, 6.45) is 1.61. The summed E-state index contributed by atoms with van der Waals surface area (Å²) in [5.74, 6) is 0.164. The van der Waals surface area contributed by atoms with E-state index in [-0.39, 0.29) is 22.8 Å². The molecular weight excluding hydrogens is 456 g/mol. The molecule has 9 heteroatoms. The van der Waals surface area contributed by atoms with Crippen molar-refractivity contribution in [3.63, 3.8) is 0 Å². The SMILES string of the molecule is COc1cc(C=C(C#N)c2nc(-c3cc4ccccc4oc3=O)cs2)cc(OC)c1OC(C)=O. The van der Waals surface area contributed by atoms with Crippen molar-refractivity contribution in [2.45, 2.75) is 6.92 Å². The summed E-state index contributed by atoms with van der Waals surface area (Å²) < 4.78 is 21.3. The highest BCUT2D eigenvalue weighted by atomic mass is 32.1. The average molecular weight is 474 g/mol. The fourth-order valence-corrected chi connectivity index (χ4v) is 4.08. The molecule has 0 aliphatic carbocycles. The number of hydrogen-bond acceptors (Lipinski definition) is 9. The lowest BCUT2D eigenvalue weighted by Gasteiger charge is -2.13. The molecule has 0 aliphatic rings. The van der Waals surface area contributed by atoms with Gasteiger partial charge in [-0.2, -0.15) is 5.26 Å². The van der Waals surface area contributed by atoms with E-state index in [0.29, 0.717) is 27.4 Å². The molecule has 0 aliphatic heterocycles. The first-order valence-corrected chi connectivity index (χ1v) is 10.9. The van der Waals surface area contributed by atoms with Gasteiger partial charge in [-0.1, -0.05) is 18.2 Å². The monoisotopic (exact) mass is 474 g/mol. The van der Waals surface area contributed by atoms with Crippen molar-refractivity contribution in [2.75, 3.05) is 14.2 Å². The number of hydrogen-bond donors (Lipinski definition) is 0. The van der Waals surface area contributed by atoms with Gasteiger partial charge in [-0.25, -0.2) is 9.78 Å². The standard InChI is InChI=1S/C25H18N2O6S/c1-14(28)32-23-21(30-2)9-15(10-22(23)31-3)8-17(12-26)24-27-19(13-34-24)18-11-16-6-4-5-7-20(16)33-25(18)29/h4-11,13H,1-3H3. The maximum atomic E-state index is 12.5. The van der Waals surface area contributed by atoms with Gasteiger partial charge in [-0.05, 0) is 35.9 Å². The van der Waals surface area contributed by atoms with Gasteiger partial charge in [-0.15, -0.1) is 11.3 Å². The van der Waals surface area contributed by atoms with E-state index < -0.39 is 11.6 Å². The molecule has 0 spiro atoms. The van der Waals surface area contributed by atoms with E-state index in [2.05, 4.69) is 11.1 Å². The third-order valence-corrected chi connectivity index (χ3v) is 5.69. The number of benzene rings is 2. The Balaban J connectivity index is 1.74. The third kappa shape index (κ3) is 4.53. The Morgan fingerprint density at radius 3 is 2.50 bits per heavy atom. The first-order chi connectivity index (χ1) is 16.4. The minimum absolute atomic E-state index is 0.146. The number of aromatic nitrogens is 1. The molecule has 8 nitrogen and oxygen atoms in total. The number of carbonyl (C=O) groups is 1. The van der Waals surface area contributed by atoms with Crippen molar-refractivity contribution in [1.29, 1.82) is 5.26 Å². The van der Waals surface area contributed by atoms with E-state index in [0.717, 1.165) is 5.39 Å². The Morgan fingerprint density at radius 1 is 1.15 bits per heavy atom. The van der Waals surface area contributed by atoms with E-state index in [1.165, 1.54) is 32.5 Å². The molecule has 2 aromatic carbocycles. The zero-order valence-electron chi connectivity index (χ0n) is 18.4. The smallest absolute Gasteiger partial charge is 0.345 e. The Kier molecular flexibility index (Phi) is 6.43. The highest BCUT2D eigenvalue weighted by molar-refractivity contribution is 7.11. The van der Waals surface area contributed by atoms with Gasteiger partial charge in [0.05, 0.1) is 31.1 Å². The molecule has 0 saturated carbocycles. The summed E-state index contributed by atoms with van der Waals surface area (Å²) in [5.41, 5.74) is 1.56. The molecule has 0 unspecified atom stereocenters. The van der Waals surface area contributed by atoms with Crippen LogP contribution in [0.25, 0.3) is 33.9 Å². The topological polar surface area (TPSA) is 112 Å². The quantitative estimate of drug-likeness (QED) is 0.167. The molecule has 34 heavy (non-hydrogen) atoms. The highest BCUT2D eigenvalue weighted by Crippen LogP contribution is 2.39. The van der Waals surface area contributed by atoms with Gasteiger partial charge >= 0.3 is 11.6 Å². The second-order valence-corrected chi connectivity index (χ2v) is 7.90. The van der Waals surface area contributed by atoms with Crippen LogP contribution < -0.4 is 19.8 Å². The number of esters is 1. The largest absolute Gasteiger partial charge is 0.493 e. The van der Waals surface area contributed by atoms with E-state index >= 15 is 0 Å². The summed E-state index contributed by atoms with van der Waals surface area (Å²) in [6, 6.07) is 14.3. The van der Waals surface area contributed by atoms with E-state index in [9.17, 15) is 14.9 Å². The Hall–Kier alpha value is -4.42. The van der Waals surface area contributed by atoms with E-state index in [4.69, 9.17) is 18.6 Å². The van der Waals surface area contributed by atoms with Crippen LogP contribution in [0.2, 0.25) is 0 Å². The molecular formula is C25H18N2O6S. The van der Waals surface area contributed by atoms with Crippen LogP contribution in [0.4, 0.5) is 0 Å². The number of carbonyl (C=O) groups excluding carboxylic acids is 1. The number of methoxy groups -OCH3 is 2. The lowest BCUT2D eigenvalue weighted by Crippen LogP contribution is -2.05. The van der Waals surface area contributed by atoms with Gasteiger partial charge in [-0.3, -0.25) is 4.79 Å². The van der Waals surface area contributed by atoms with Gasteiger partial charge in [0, 0.05) is 17.7 Å². The van der Waals surface area contributed by atoms with Gasteiger partial charge in [0.1, 0.15) is 16.7 Å². The van der Waals surface area contributed by atoms with Crippen LogP contribution in [0, 0.1) is 11.3 Å². The van der Waals surface area contributed by atoms with Crippen molar-refractivity contribution >= 4 is 39.9 Å². The Labute approximate surface area is 198 Å². The maximum Gasteiger partial charge on any atom is 0.345 e. The number of fused-ring (bicyclic) bond motifs is 1. The maximum absolute atomic E-state index is 12.5. The number of para-hydroxylation sites is 1. The van der Waals surface area contributed by atoms with Gasteiger partial charge < -0.3 is 18.6 Å². The highest BCUT2D eigenvalue weighted by Gasteiger charge is 2.17. The number of rotatable bonds is 6. The van der Waals surface area contributed by atoms with Gasteiger partial charge in [0.25, 0.3) is 0 Å². The molecule has 4 rings (SSSR count). The molecule has 0 N–H and O–H groups in total. The van der Waals surface area contributed by atoms with E-state index in [1.54, 1.807) is 41.8 Å². The lowest BCUT2D eigenvalue weighted by molar-refractivity contribution is -0.132. The van der Waals surface area contributed by atoms with Crippen molar-refractivity contribution < 1.29 is 23.4 Å². The van der Waals surface area contributed by atoms with Crippen LogP contribution in [0.3, 0.4) is 0 Å². The van der Waals surface area contributed by atoms with Crippen molar-refractivity contribution in [2.24, 2.45) is 0 Å².